The lowest BCUT2D eigenvalue weighted by atomic mass is 9.95. The van der Waals surface area contributed by atoms with Crippen LogP contribution in [0.5, 0.6) is 5.75 Å². The van der Waals surface area contributed by atoms with Crippen LogP contribution in [0.15, 0.2) is 24.3 Å². The van der Waals surface area contributed by atoms with Gasteiger partial charge in [-0.2, -0.15) is 5.10 Å². The lowest BCUT2D eigenvalue weighted by Gasteiger charge is -2.31. The number of ether oxygens (including phenoxy) is 1. The van der Waals surface area contributed by atoms with E-state index in [1.165, 1.54) is 12.8 Å². The number of para-hydroxylation sites is 1. The number of piperidine rings is 1. The Bertz CT molecular complexity index is 745. The number of methoxy groups -OCH3 is 1. The third-order valence-electron chi connectivity index (χ3n) is 5.23. The third-order valence-corrected chi connectivity index (χ3v) is 5.23. The van der Waals surface area contributed by atoms with Gasteiger partial charge < -0.3 is 9.64 Å². The number of H-pyrrole nitrogens is 1. The first kappa shape index (κ1) is 16.1. The number of likely N-dealkylation sites (tertiary alicyclic amines) is 1. The second-order valence-electron chi connectivity index (χ2n) is 7.00. The lowest BCUT2D eigenvalue weighted by Crippen LogP contribution is -2.39. The largest absolute Gasteiger partial charge is 0.496 e. The zero-order valence-corrected chi connectivity index (χ0v) is 14.6. The Hall–Kier alpha value is -2.37. The van der Waals surface area contributed by atoms with Crippen molar-refractivity contribution in [2.24, 2.45) is 0 Å². The van der Waals surface area contributed by atoms with Crippen molar-refractivity contribution < 1.29 is 9.53 Å². The molecule has 2 aromatic rings. The number of amides is 1. The first-order valence-corrected chi connectivity index (χ1v) is 9.06. The molecule has 6 nitrogen and oxygen atoms in total. The molecule has 1 saturated heterocycles. The van der Waals surface area contributed by atoms with Crippen LogP contribution in [-0.4, -0.2) is 46.2 Å². The van der Waals surface area contributed by atoms with Gasteiger partial charge in [-0.05, 0) is 31.7 Å². The van der Waals surface area contributed by atoms with Crippen LogP contribution in [0.25, 0.3) is 0 Å². The average molecular weight is 340 g/mol. The minimum Gasteiger partial charge on any atom is -0.496 e. The maximum atomic E-state index is 12.6. The Morgan fingerprint density at radius 3 is 2.68 bits per heavy atom. The summed E-state index contributed by atoms with van der Waals surface area (Å²) in [7, 11) is 1.64. The van der Waals surface area contributed by atoms with Crippen molar-refractivity contribution in [1.82, 2.24) is 20.1 Å². The number of carbonyl (C=O) groups excluding carboxylic acids is 1. The fourth-order valence-corrected chi connectivity index (χ4v) is 3.52. The molecule has 6 heteroatoms. The number of nitrogens with one attached hydrogen (secondary N) is 1. The number of nitrogens with zero attached hydrogens (tertiary/aromatic N) is 3. The van der Waals surface area contributed by atoms with E-state index < -0.39 is 0 Å². The van der Waals surface area contributed by atoms with E-state index in [0.717, 1.165) is 48.9 Å². The summed E-state index contributed by atoms with van der Waals surface area (Å²) in [5.74, 6) is 3.88. The second-order valence-corrected chi connectivity index (χ2v) is 7.00. The molecule has 2 aliphatic rings. The van der Waals surface area contributed by atoms with E-state index in [1.807, 2.05) is 29.2 Å². The minimum absolute atomic E-state index is 0.166. The van der Waals surface area contributed by atoms with Crippen LogP contribution >= 0.6 is 0 Å². The van der Waals surface area contributed by atoms with Gasteiger partial charge in [0.1, 0.15) is 11.6 Å². The number of carbonyl (C=O) groups is 1. The van der Waals surface area contributed by atoms with Gasteiger partial charge in [-0.3, -0.25) is 9.89 Å². The van der Waals surface area contributed by atoms with Crippen LogP contribution in [0, 0.1) is 0 Å². The van der Waals surface area contributed by atoms with Crippen molar-refractivity contribution >= 4 is 5.91 Å². The highest BCUT2D eigenvalue weighted by atomic mass is 16.5. The first-order chi connectivity index (χ1) is 12.2. The summed E-state index contributed by atoms with van der Waals surface area (Å²) in [6, 6.07) is 7.72. The normalized spacial score (nSPS) is 18.4. The molecule has 1 aliphatic heterocycles. The van der Waals surface area contributed by atoms with E-state index >= 15 is 0 Å². The van der Waals surface area contributed by atoms with Crippen molar-refractivity contribution in [3.05, 3.63) is 41.5 Å². The summed E-state index contributed by atoms with van der Waals surface area (Å²) in [4.78, 5) is 19.2. The van der Waals surface area contributed by atoms with Gasteiger partial charge in [-0.15, -0.1) is 0 Å². The highest BCUT2D eigenvalue weighted by Gasteiger charge is 2.30. The maximum Gasteiger partial charge on any atom is 0.227 e. The molecule has 1 aromatic heterocycles. The zero-order chi connectivity index (χ0) is 17.2. The van der Waals surface area contributed by atoms with Crippen molar-refractivity contribution in [1.29, 1.82) is 0 Å². The van der Waals surface area contributed by atoms with Gasteiger partial charge in [0.15, 0.2) is 5.82 Å². The van der Waals surface area contributed by atoms with E-state index in [1.54, 1.807) is 7.11 Å². The lowest BCUT2D eigenvalue weighted by molar-refractivity contribution is -0.131. The maximum absolute atomic E-state index is 12.6. The van der Waals surface area contributed by atoms with E-state index in [-0.39, 0.29) is 5.91 Å². The number of aromatic amines is 1. The van der Waals surface area contributed by atoms with Crippen LogP contribution in [0.4, 0.5) is 0 Å². The number of rotatable bonds is 5. The Labute approximate surface area is 147 Å². The van der Waals surface area contributed by atoms with Gasteiger partial charge in [-0.1, -0.05) is 18.2 Å². The van der Waals surface area contributed by atoms with Gasteiger partial charge >= 0.3 is 0 Å². The van der Waals surface area contributed by atoms with E-state index in [9.17, 15) is 4.79 Å². The molecule has 0 radical (unpaired) electrons. The summed E-state index contributed by atoms with van der Waals surface area (Å²) in [6.07, 6.45) is 4.71. The summed E-state index contributed by atoms with van der Waals surface area (Å²) in [6.45, 7) is 1.55. The summed E-state index contributed by atoms with van der Waals surface area (Å²) >= 11 is 0. The topological polar surface area (TPSA) is 71.1 Å². The van der Waals surface area contributed by atoms with Crippen LogP contribution in [0.2, 0.25) is 0 Å². The van der Waals surface area contributed by atoms with E-state index in [0.29, 0.717) is 18.3 Å². The predicted octanol–water partition coefficient (Wildman–Crippen LogP) is 2.64. The average Bonchev–Trinajstić information content (AvgIpc) is 3.39. The molecule has 132 valence electrons. The Morgan fingerprint density at radius 2 is 1.96 bits per heavy atom. The van der Waals surface area contributed by atoms with Crippen molar-refractivity contribution in [2.75, 3.05) is 20.2 Å². The number of aromatic nitrogens is 3. The van der Waals surface area contributed by atoms with Crippen LogP contribution < -0.4 is 4.74 Å². The summed E-state index contributed by atoms with van der Waals surface area (Å²) in [5, 5.41) is 7.47. The molecular formula is C19H24N4O2. The van der Waals surface area contributed by atoms with Crippen LogP contribution in [-0.2, 0) is 11.2 Å². The SMILES string of the molecule is COc1ccccc1CC(=O)N1CCC(c2nc(C3CC3)n[nH]2)CC1. The summed E-state index contributed by atoms with van der Waals surface area (Å²) < 4.78 is 5.35. The monoisotopic (exact) mass is 340 g/mol. The first-order valence-electron chi connectivity index (χ1n) is 9.06. The van der Waals surface area contributed by atoms with Gasteiger partial charge in [-0.25, -0.2) is 4.98 Å². The molecule has 0 unspecified atom stereocenters. The van der Waals surface area contributed by atoms with Crippen molar-refractivity contribution in [3.63, 3.8) is 0 Å². The molecule has 0 atom stereocenters. The van der Waals surface area contributed by atoms with E-state index in [2.05, 4.69) is 15.2 Å². The highest BCUT2D eigenvalue weighted by Crippen LogP contribution is 2.38. The molecule has 4 rings (SSSR count). The van der Waals surface area contributed by atoms with E-state index in [4.69, 9.17) is 4.74 Å². The summed E-state index contributed by atoms with van der Waals surface area (Å²) in [5.41, 5.74) is 0.946. The fourth-order valence-electron chi connectivity index (χ4n) is 3.52. The van der Waals surface area contributed by atoms with Crippen LogP contribution in [0.1, 0.15) is 54.7 Å². The molecule has 1 amide bonds. The standard InChI is InChI=1S/C19H24N4O2/c1-25-16-5-3-2-4-15(16)12-17(24)23-10-8-14(9-11-23)19-20-18(21-22-19)13-6-7-13/h2-5,13-14H,6-12H2,1H3,(H,20,21,22). The van der Waals surface area contributed by atoms with Crippen molar-refractivity contribution in [3.8, 4) is 5.75 Å². The molecule has 1 aromatic carbocycles. The Balaban J connectivity index is 1.33. The fraction of sp³-hybridized carbons (Fsp3) is 0.526. The molecule has 0 spiro atoms. The molecule has 1 saturated carbocycles. The number of hydrogen-bond acceptors (Lipinski definition) is 4. The van der Waals surface area contributed by atoms with Gasteiger partial charge in [0.2, 0.25) is 5.91 Å². The van der Waals surface area contributed by atoms with Crippen LogP contribution in [0.3, 0.4) is 0 Å². The van der Waals surface area contributed by atoms with Gasteiger partial charge in [0, 0.05) is 30.5 Å². The third kappa shape index (κ3) is 3.52. The Kier molecular flexibility index (Phi) is 4.42. The quantitative estimate of drug-likeness (QED) is 0.908. The van der Waals surface area contributed by atoms with Gasteiger partial charge in [0.05, 0.1) is 13.5 Å². The smallest absolute Gasteiger partial charge is 0.227 e. The molecule has 2 heterocycles. The molecule has 1 N–H and O–H groups in total. The molecule has 0 bridgehead atoms. The molecule has 1 aliphatic carbocycles. The molecular weight excluding hydrogens is 316 g/mol. The molecule has 25 heavy (non-hydrogen) atoms. The number of hydrogen-bond donors (Lipinski definition) is 1. The predicted molar refractivity (Wildman–Crippen MR) is 93.6 cm³/mol. The Morgan fingerprint density at radius 1 is 1.20 bits per heavy atom. The van der Waals surface area contributed by atoms with Gasteiger partial charge in [0.25, 0.3) is 0 Å². The second kappa shape index (κ2) is 6.86. The zero-order valence-electron chi connectivity index (χ0n) is 14.6. The number of benzene rings is 1. The molecule has 2 fully saturated rings. The minimum atomic E-state index is 0.166. The highest BCUT2D eigenvalue weighted by molar-refractivity contribution is 5.79. The van der Waals surface area contributed by atoms with Crippen molar-refractivity contribution in [2.45, 2.75) is 43.9 Å².